The maximum atomic E-state index is 11.5. The Morgan fingerprint density at radius 2 is 2.07 bits per heavy atom. The summed E-state index contributed by atoms with van der Waals surface area (Å²) >= 11 is 0. The standard InChI is InChI=1S/C10H12N2O2/c13-9-5-8(6-9)12-10(14)7-1-3-11-4-2-7/h1-4,8-9,13H,5-6H2,(H,12,14). The summed E-state index contributed by atoms with van der Waals surface area (Å²) in [4.78, 5) is 15.4. The highest BCUT2D eigenvalue weighted by molar-refractivity contribution is 5.94. The van der Waals surface area contributed by atoms with Gasteiger partial charge in [-0.3, -0.25) is 9.78 Å². The molecule has 0 atom stereocenters. The van der Waals surface area contributed by atoms with Gasteiger partial charge in [0.1, 0.15) is 0 Å². The van der Waals surface area contributed by atoms with E-state index in [2.05, 4.69) is 10.3 Å². The van der Waals surface area contributed by atoms with Crippen molar-refractivity contribution in [2.24, 2.45) is 0 Å². The van der Waals surface area contributed by atoms with Crippen LogP contribution < -0.4 is 5.32 Å². The lowest BCUT2D eigenvalue weighted by atomic mass is 9.89. The lowest BCUT2D eigenvalue weighted by Gasteiger charge is -2.31. The van der Waals surface area contributed by atoms with Gasteiger partial charge in [-0.25, -0.2) is 0 Å². The van der Waals surface area contributed by atoms with Crippen LogP contribution in [0, 0.1) is 0 Å². The van der Waals surface area contributed by atoms with E-state index >= 15 is 0 Å². The Bertz CT molecular complexity index is 320. The second-order valence-electron chi connectivity index (χ2n) is 3.53. The molecule has 14 heavy (non-hydrogen) atoms. The molecule has 0 aromatic carbocycles. The Hall–Kier alpha value is -1.42. The number of aromatic nitrogens is 1. The molecule has 0 unspecified atom stereocenters. The fraction of sp³-hybridized carbons (Fsp3) is 0.400. The third-order valence-electron chi connectivity index (χ3n) is 2.39. The minimum atomic E-state index is -0.238. The molecule has 1 aliphatic carbocycles. The second-order valence-corrected chi connectivity index (χ2v) is 3.53. The van der Waals surface area contributed by atoms with E-state index in [1.165, 1.54) is 0 Å². The Morgan fingerprint density at radius 3 is 2.64 bits per heavy atom. The van der Waals surface area contributed by atoms with E-state index in [1.807, 2.05) is 0 Å². The highest BCUT2D eigenvalue weighted by Crippen LogP contribution is 2.19. The molecule has 74 valence electrons. The average Bonchev–Trinajstić information content (AvgIpc) is 2.17. The van der Waals surface area contributed by atoms with Crippen LogP contribution in [0.1, 0.15) is 23.2 Å². The van der Waals surface area contributed by atoms with Crippen molar-refractivity contribution in [3.05, 3.63) is 30.1 Å². The summed E-state index contributed by atoms with van der Waals surface area (Å²) in [5.74, 6) is -0.0932. The molecule has 0 aliphatic heterocycles. The highest BCUT2D eigenvalue weighted by Gasteiger charge is 2.28. The van der Waals surface area contributed by atoms with Crippen LogP contribution in [0.15, 0.2) is 24.5 Å². The molecule has 4 nitrogen and oxygen atoms in total. The third kappa shape index (κ3) is 1.90. The lowest BCUT2D eigenvalue weighted by Crippen LogP contribution is -2.46. The topological polar surface area (TPSA) is 62.2 Å². The maximum absolute atomic E-state index is 11.5. The number of hydrogen-bond donors (Lipinski definition) is 2. The van der Waals surface area contributed by atoms with E-state index in [9.17, 15) is 4.79 Å². The highest BCUT2D eigenvalue weighted by atomic mass is 16.3. The van der Waals surface area contributed by atoms with E-state index in [4.69, 9.17) is 5.11 Å². The number of hydrogen-bond acceptors (Lipinski definition) is 3. The van der Waals surface area contributed by atoms with Crippen LogP contribution in [0.2, 0.25) is 0 Å². The van der Waals surface area contributed by atoms with Crippen molar-refractivity contribution >= 4 is 5.91 Å². The maximum Gasteiger partial charge on any atom is 0.251 e. The van der Waals surface area contributed by atoms with Crippen LogP contribution in [0.4, 0.5) is 0 Å². The summed E-state index contributed by atoms with van der Waals surface area (Å²) in [6, 6.07) is 3.47. The number of amides is 1. The smallest absolute Gasteiger partial charge is 0.251 e. The van der Waals surface area contributed by atoms with E-state index in [-0.39, 0.29) is 18.1 Å². The predicted molar refractivity (Wildman–Crippen MR) is 50.7 cm³/mol. The number of nitrogens with one attached hydrogen (secondary N) is 1. The molecule has 1 saturated carbocycles. The Balaban J connectivity index is 1.90. The molecule has 0 spiro atoms. The first kappa shape index (κ1) is 9.15. The summed E-state index contributed by atoms with van der Waals surface area (Å²) in [6.45, 7) is 0. The normalized spacial score (nSPS) is 25.2. The first-order valence-corrected chi connectivity index (χ1v) is 4.64. The second kappa shape index (κ2) is 3.75. The molecule has 2 rings (SSSR count). The van der Waals surface area contributed by atoms with Crippen molar-refractivity contribution in [2.75, 3.05) is 0 Å². The molecule has 1 aromatic heterocycles. The molecular formula is C10H12N2O2. The zero-order valence-electron chi connectivity index (χ0n) is 7.68. The van der Waals surface area contributed by atoms with Crippen LogP contribution >= 0.6 is 0 Å². The van der Waals surface area contributed by atoms with Crippen molar-refractivity contribution < 1.29 is 9.90 Å². The number of aliphatic hydroxyl groups is 1. The molecule has 1 fully saturated rings. The Morgan fingerprint density at radius 1 is 1.43 bits per heavy atom. The minimum Gasteiger partial charge on any atom is -0.393 e. The summed E-state index contributed by atoms with van der Waals surface area (Å²) in [6.07, 6.45) is 4.26. The van der Waals surface area contributed by atoms with Crippen LogP contribution in [0.25, 0.3) is 0 Å². The molecule has 1 heterocycles. The number of nitrogens with zero attached hydrogens (tertiary/aromatic N) is 1. The van der Waals surface area contributed by atoms with Gasteiger partial charge in [-0.05, 0) is 25.0 Å². The molecular weight excluding hydrogens is 180 g/mol. The number of pyridine rings is 1. The Kier molecular flexibility index (Phi) is 2.45. The third-order valence-corrected chi connectivity index (χ3v) is 2.39. The predicted octanol–water partition coefficient (Wildman–Crippen LogP) is 0.335. The quantitative estimate of drug-likeness (QED) is 0.710. The summed E-state index contributed by atoms with van der Waals surface area (Å²) in [5, 5.41) is 11.9. The summed E-state index contributed by atoms with van der Waals surface area (Å²) in [7, 11) is 0. The first-order chi connectivity index (χ1) is 6.75. The fourth-order valence-corrected chi connectivity index (χ4v) is 1.48. The van der Waals surface area contributed by atoms with Gasteiger partial charge >= 0.3 is 0 Å². The van der Waals surface area contributed by atoms with E-state index < -0.39 is 0 Å². The monoisotopic (exact) mass is 192 g/mol. The number of carbonyl (C=O) groups is 1. The van der Waals surface area contributed by atoms with Gasteiger partial charge in [0.05, 0.1) is 6.10 Å². The van der Waals surface area contributed by atoms with Gasteiger partial charge in [0.2, 0.25) is 0 Å². The molecule has 0 radical (unpaired) electrons. The molecule has 2 N–H and O–H groups in total. The van der Waals surface area contributed by atoms with Crippen molar-refractivity contribution in [1.29, 1.82) is 0 Å². The molecule has 4 heteroatoms. The molecule has 1 aliphatic rings. The summed E-state index contributed by atoms with van der Waals surface area (Å²) in [5.41, 5.74) is 0.612. The van der Waals surface area contributed by atoms with Crippen molar-refractivity contribution in [1.82, 2.24) is 10.3 Å². The number of aliphatic hydroxyl groups excluding tert-OH is 1. The average molecular weight is 192 g/mol. The van der Waals surface area contributed by atoms with E-state index in [0.717, 1.165) is 0 Å². The van der Waals surface area contributed by atoms with Gasteiger partial charge in [0, 0.05) is 24.0 Å². The zero-order chi connectivity index (χ0) is 9.97. The minimum absolute atomic E-state index is 0.0932. The van der Waals surface area contributed by atoms with Gasteiger partial charge in [-0.1, -0.05) is 0 Å². The number of carbonyl (C=O) groups excluding carboxylic acids is 1. The summed E-state index contributed by atoms with van der Waals surface area (Å²) < 4.78 is 0. The van der Waals surface area contributed by atoms with Crippen LogP contribution in [0.3, 0.4) is 0 Å². The largest absolute Gasteiger partial charge is 0.393 e. The van der Waals surface area contributed by atoms with Gasteiger partial charge in [0.25, 0.3) is 5.91 Å². The molecule has 0 bridgehead atoms. The van der Waals surface area contributed by atoms with E-state index in [0.29, 0.717) is 18.4 Å². The van der Waals surface area contributed by atoms with Crippen molar-refractivity contribution in [2.45, 2.75) is 25.0 Å². The fourth-order valence-electron chi connectivity index (χ4n) is 1.48. The van der Waals surface area contributed by atoms with Crippen molar-refractivity contribution in [3.8, 4) is 0 Å². The zero-order valence-corrected chi connectivity index (χ0v) is 7.68. The van der Waals surface area contributed by atoms with Crippen molar-refractivity contribution in [3.63, 3.8) is 0 Å². The molecule has 1 aromatic rings. The molecule has 1 amide bonds. The van der Waals surface area contributed by atoms with Gasteiger partial charge in [0.15, 0.2) is 0 Å². The first-order valence-electron chi connectivity index (χ1n) is 4.64. The SMILES string of the molecule is O=C(NC1CC(O)C1)c1ccncc1. The van der Waals surface area contributed by atoms with Crippen LogP contribution in [-0.2, 0) is 0 Å². The van der Waals surface area contributed by atoms with Gasteiger partial charge in [-0.15, -0.1) is 0 Å². The van der Waals surface area contributed by atoms with Gasteiger partial charge < -0.3 is 10.4 Å². The van der Waals surface area contributed by atoms with Crippen LogP contribution in [0.5, 0.6) is 0 Å². The van der Waals surface area contributed by atoms with E-state index in [1.54, 1.807) is 24.5 Å². The molecule has 0 saturated heterocycles. The lowest BCUT2D eigenvalue weighted by molar-refractivity contribution is 0.0562. The van der Waals surface area contributed by atoms with Gasteiger partial charge in [-0.2, -0.15) is 0 Å². The number of rotatable bonds is 2. The Labute approximate surface area is 82.0 Å². The van der Waals surface area contributed by atoms with Crippen LogP contribution in [-0.4, -0.2) is 28.1 Å².